The van der Waals surface area contributed by atoms with E-state index in [0.29, 0.717) is 22.4 Å². The molecule has 0 fully saturated rings. The average Bonchev–Trinajstić information content (AvgIpc) is 2.88. The highest BCUT2D eigenvalue weighted by Crippen LogP contribution is 2.22. The number of fused-ring (bicyclic) bond motifs is 1. The van der Waals surface area contributed by atoms with E-state index in [-0.39, 0.29) is 11.5 Å². The zero-order chi connectivity index (χ0) is 14.8. The van der Waals surface area contributed by atoms with E-state index in [0.717, 1.165) is 10.9 Å². The number of nitrogens with two attached hydrogens (primary N) is 2. The maximum Gasteiger partial charge on any atom is 0.191 e. The summed E-state index contributed by atoms with van der Waals surface area (Å²) in [4.78, 5) is 23.5. The van der Waals surface area contributed by atoms with Gasteiger partial charge in [0.25, 0.3) is 0 Å². The molecule has 0 saturated carbocycles. The maximum atomic E-state index is 12.3. The van der Waals surface area contributed by atoms with Crippen molar-refractivity contribution in [3.63, 3.8) is 0 Å². The quantitative estimate of drug-likeness (QED) is 0.386. The molecule has 7 heteroatoms. The molecule has 3 aromatic rings. The Labute approximate surface area is 125 Å². The van der Waals surface area contributed by atoms with E-state index in [1.165, 1.54) is 17.8 Å². The van der Waals surface area contributed by atoms with Crippen LogP contribution in [0.3, 0.4) is 0 Å². The molecule has 0 radical (unpaired) electrons. The van der Waals surface area contributed by atoms with Gasteiger partial charge in [-0.3, -0.25) is 4.79 Å². The zero-order valence-corrected chi connectivity index (χ0v) is 11.9. The summed E-state index contributed by atoms with van der Waals surface area (Å²) in [5, 5.41) is 1.32. The second-order valence-corrected chi connectivity index (χ2v) is 5.40. The van der Waals surface area contributed by atoms with Crippen molar-refractivity contribution < 1.29 is 4.79 Å². The highest BCUT2D eigenvalue weighted by atomic mass is 32.2. The molecule has 21 heavy (non-hydrogen) atoms. The number of nitrogens with one attached hydrogen (secondary N) is 1. The van der Waals surface area contributed by atoms with Gasteiger partial charge in [-0.1, -0.05) is 30.0 Å². The number of nitrogens with zero attached hydrogens (tertiary/aromatic N) is 2. The van der Waals surface area contributed by atoms with Gasteiger partial charge in [-0.15, -0.1) is 0 Å². The highest BCUT2D eigenvalue weighted by molar-refractivity contribution is 7.99. The standard InChI is InChI=1S/C14H13N5OS/c15-12-5-13(16)19-14(18-12)21-7-11(20)9-6-17-10-4-2-1-3-8(9)10/h1-6,17H,7H2,(H4,15,16,18,19). The van der Waals surface area contributed by atoms with Gasteiger partial charge in [-0.05, 0) is 6.07 Å². The Kier molecular flexibility index (Phi) is 3.49. The summed E-state index contributed by atoms with van der Waals surface area (Å²) < 4.78 is 0. The first kappa shape index (κ1) is 13.4. The number of nitrogen functional groups attached to an aromatic ring is 2. The summed E-state index contributed by atoms with van der Waals surface area (Å²) >= 11 is 1.22. The molecule has 2 aromatic heterocycles. The lowest BCUT2D eigenvalue weighted by atomic mass is 10.1. The van der Waals surface area contributed by atoms with E-state index in [1.54, 1.807) is 6.20 Å². The molecule has 3 rings (SSSR count). The van der Waals surface area contributed by atoms with Gasteiger partial charge in [-0.2, -0.15) is 0 Å². The molecule has 0 spiro atoms. The van der Waals surface area contributed by atoms with Gasteiger partial charge in [0.15, 0.2) is 10.9 Å². The van der Waals surface area contributed by atoms with Gasteiger partial charge in [-0.25, -0.2) is 9.97 Å². The van der Waals surface area contributed by atoms with E-state index >= 15 is 0 Å². The van der Waals surface area contributed by atoms with Gasteiger partial charge in [0.1, 0.15) is 11.6 Å². The van der Waals surface area contributed by atoms with Crippen LogP contribution in [0.25, 0.3) is 10.9 Å². The van der Waals surface area contributed by atoms with E-state index in [9.17, 15) is 4.79 Å². The van der Waals surface area contributed by atoms with Crippen LogP contribution in [0.1, 0.15) is 10.4 Å². The number of rotatable bonds is 4. The second kappa shape index (κ2) is 5.45. The minimum absolute atomic E-state index is 0.00189. The summed E-state index contributed by atoms with van der Waals surface area (Å²) in [5.41, 5.74) is 12.8. The van der Waals surface area contributed by atoms with Crippen LogP contribution in [-0.2, 0) is 0 Å². The normalized spacial score (nSPS) is 10.9. The molecular weight excluding hydrogens is 286 g/mol. The predicted molar refractivity (Wildman–Crippen MR) is 84.2 cm³/mol. The fourth-order valence-electron chi connectivity index (χ4n) is 2.04. The third kappa shape index (κ3) is 2.82. The Morgan fingerprint density at radius 3 is 2.67 bits per heavy atom. The lowest BCUT2D eigenvalue weighted by molar-refractivity contribution is 0.102. The SMILES string of the molecule is Nc1cc(N)nc(SCC(=O)c2c[nH]c3ccccc23)n1. The number of carbonyl (C=O) groups excluding carboxylic acids is 1. The van der Waals surface area contributed by atoms with Gasteiger partial charge >= 0.3 is 0 Å². The number of aromatic amines is 1. The Hall–Kier alpha value is -2.54. The van der Waals surface area contributed by atoms with Crippen molar-refractivity contribution in [1.82, 2.24) is 15.0 Å². The first-order chi connectivity index (χ1) is 10.1. The van der Waals surface area contributed by atoms with E-state index in [2.05, 4.69) is 15.0 Å². The third-order valence-electron chi connectivity index (χ3n) is 2.97. The van der Waals surface area contributed by atoms with E-state index in [4.69, 9.17) is 11.5 Å². The largest absolute Gasteiger partial charge is 0.383 e. The van der Waals surface area contributed by atoms with Crippen molar-refractivity contribution in [1.29, 1.82) is 0 Å². The Morgan fingerprint density at radius 1 is 1.19 bits per heavy atom. The summed E-state index contributed by atoms with van der Waals surface area (Å²) in [6.07, 6.45) is 1.72. The molecule has 0 aliphatic heterocycles. The Bertz CT molecular complexity index is 794. The second-order valence-electron chi connectivity index (χ2n) is 4.46. The van der Waals surface area contributed by atoms with Crippen LogP contribution in [0.5, 0.6) is 0 Å². The van der Waals surface area contributed by atoms with Crippen LogP contribution in [0.2, 0.25) is 0 Å². The summed E-state index contributed by atoms with van der Waals surface area (Å²) in [7, 11) is 0. The number of hydrogen-bond donors (Lipinski definition) is 3. The number of ketones is 1. The molecule has 0 aliphatic rings. The van der Waals surface area contributed by atoms with E-state index < -0.39 is 0 Å². The van der Waals surface area contributed by atoms with E-state index in [1.807, 2.05) is 24.3 Å². The van der Waals surface area contributed by atoms with Crippen LogP contribution in [0.4, 0.5) is 11.6 Å². The average molecular weight is 299 g/mol. The van der Waals surface area contributed by atoms with Crippen molar-refractivity contribution in [2.75, 3.05) is 17.2 Å². The number of anilines is 2. The molecule has 0 amide bonds. The van der Waals surface area contributed by atoms with Crippen molar-refractivity contribution in [3.8, 4) is 0 Å². The predicted octanol–water partition coefficient (Wildman–Crippen LogP) is 2.10. The summed E-state index contributed by atoms with van der Waals surface area (Å²) in [5.74, 6) is 0.821. The topological polar surface area (TPSA) is 111 Å². The number of para-hydroxylation sites is 1. The fraction of sp³-hybridized carbons (Fsp3) is 0.0714. The fourth-order valence-corrected chi connectivity index (χ4v) is 2.79. The molecule has 0 atom stereocenters. The van der Waals surface area contributed by atoms with Crippen molar-refractivity contribution in [2.45, 2.75) is 5.16 Å². The smallest absolute Gasteiger partial charge is 0.191 e. The zero-order valence-electron chi connectivity index (χ0n) is 11.0. The number of benzene rings is 1. The third-order valence-corrected chi connectivity index (χ3v) is 3.81. The summed E-state index contributed by atoms with van der Waals surface area (Å²) in [6, 6.07) is 9.15. The molecular formula is C14H13N5OS. The number of aromatic nitrogens is 3. The van der Waals surface area contributed by atoms with Crippen LogP contribution in [0, 0.1) is 0 Å². The van der Waals surface area contributed by atoms with Gasteiger partial charge in [0.05, 0.1) is 5.75 Å². The molecule has 0 saturated heterocycles. The maximum absolute atomic E-state index is 12.3. The lowest BCUT2D eigenvalue weighted by Crippen LogP contribution is -2.04. The number of H-pyrrole nitrogens is 1. The Morgan fingerprint density at radius 2 is 1.90 bits per heavy atom. The number of hydrogen-bond acceptors (Lipinski definition) is 6. The van der Waals surface area contributed by atoms with Crippen LogP contribution in [0.15, 0.2) is 41.7 Å². The van der Waals surface area contributed by atoms with Crippen LogP contribution in [-0.4, -0.2) is 26.5 Å². The molecule has 5 N–H and O–H groups in total. The molecule has 0 unspecified atom stereocenters. The number of thioether (sulfide) groups is 1. The number of carbonyl (C=O) groups is 1. The highest BCUT2D eigenvalue weighted by Gasteiger charge is 2.13. The monoisotopic (exact) mass is 299 g/mol. The van der Waals surface area contributed by atoms with Gasteiger partial charge < -0.3 is 16.5 Å². The molecule has 106 valence electrons. The van der Waals surface area contributed by atoms with Crippen molar-refractivity contribution >= 4 is 40.1 Å². The van der Waals surface area contributed by atoms with Gasteiger partial charge in [0, 0.05) is 28.7 Å². The Balaban J connectivity index is 1.77. The summed E-state index contributed by atoms with van der Waals surface area (Å²) in [6.45, 7) is 0. The van der Waals surface area contributed by atoms with Gasteiger partial charge in [0.2, 0.25) is 0 Å². The van der Waals surface area contributed by atoms with Crippen molar-refractivity contribution in [2.24, 2.45) is 0 Å². The lowest BCUT2D eigenvalue weighted by Gasteiger charge is -2.02. The molecule has 2 heterocycles. The minimum atomic E-state index is 0.00189. The molecule has 0 bridgehead atoms. The molecule has 0 aliphatic carbocycles. The minimum Gasteiger partial charge on any atom is -0.383 e. The van der Waals surface area contributed by atoms with Crippen molar-refractivity contribution in [3.05, 3.63) is 42.1 Å². The number of Topliss-reactive ketones (excluding diaryl/α,β-unsaturated/α-hetero) is 1. The molecule has 1 aromatic carbocycles. The first-order valence-electron chi connectivity index (χ1n) is 6.25. The molecule has 6 nitrogen and oxygen atoms in total. The first-order valence-corrected chi connectivity index (χ1v) is 7.24. The van der Waals surface area contributed by atoms with Crippen LogP contribution < -0.4 is 11.5 Å². The van der Waals surface area contributed by atoms with Crippen LogP contribution >= 0.6 is 11.8 Å².